The van der Waals surface area contributed by atoms with E-state index in [1.807, 2.05) is 0 Å². The van der Waals surface area contributed by atoms with Crippen LogP contribution in [0.5, 0.6) is 11.5 Å². The highest BCUT2D eigenvalue weighted by molar-refractivity contribution is 8.18. The molecule has 1 heterocycles. The lowest BCUT2D eigenvalue weighted by atomic mass is 10.2. The van der Waals surface area contributed by atoms with Crippen molar-refractivity contribution in [1.82, 2.24) is 4.90 Å². The van der Waals surface area contributed by atoms with E-state index in [4.69, 9.17) is 9.84 Å². The van der Waals surface area contributed by atoms with E-state index in [1.165, 1.54) is 29.7 Å². The second kappa shape index (κ2) is 8.18. The molecule has 1 saturated heterocycles. The van der Waals surface area contributed by atoms with Crippen molar-refractivity contribution in [2.24, 2.45) is 4.99 Å². The molecule has 28 heavy (non-hydrogen) atoms. The minimum Gasteiger partial charge on any atom is -0.508 e. The van der Waals surface area contributed by atoms with Crippen molar-refractivity contribution in [3.63, 3.8) is 0 Å². The Bertz CT molecular complexity index is 969. The molecule has 1 aliphatic rings. The molecule has 0 spiro atoms. The summed E-state index contributed by atoms with van der Waals surface area (Å²) in [7, 11) is 1.64. The van der Waals surface area contributed by atoms with Gasteiger partial charge in [0.15, 0.2) is 11.3 Å². The third-order valence-electron chi connectivity index (χ3n) is 3.90. The highest BCUT2D eigenvalue weighted by Crippen LogP contribution is 2.33. The van der Waals surface area contributed by atoms with E-state index in [0.29, 0.717) is 21.5 Å². The van der Waals surface area contributed by atoms with Crippen molar-refractivity contribution in [1.29, 1.82) is 0 Å². The molecule has 1 atom stereocenters. The molecule has 2 aromatic carbocycles. The number of benzene rings is 2. The Hall–Kier alpha value is -3.26. The number of amidine groups is 1. The summed E-state index contributed by atoms with van der Waals surface area (Å²) >= 11 is 1.24. The second-order valence-electron chi connectivity index (χ2n) is 6.06. The van der Waals surface area contributed by atoms with Gasteiger partial charge in [-0.15, -0.1) is 0 Å². The third-order valence-corrected chi connectivity index (χ3v) is 4.96. The number of aromatic hydroxyl groups is 1. The zero-order valence-electron chi connectivity index (χ0n) is 15.2. The monoisotopic (exact) mass is 398 g/mol. The molecule has 1 unspecified atom stereocenters. The van der Waals surface area contributed by atoms with E-state index >= 15 is 0 Å². The number of carboxylic acid groups (broad SMARTS) is 1. The number of carboxylic acids is 1. The summed E-state index contributed by atoms with van der Waals surface area (Å²) in [5.41, 5.74) is 1.33. The third kappa shape index (κ3) is 4.52. The summed E-state index contributed by atoms with van der Waals surface area (Å²) in [6.07, 6.45) is 0.792. The van der Waals surface area contributed by atoms with E-state index in [0.717, 1.165) is 5.56 Å². The van der Waals surface area contributed by atoms with Gasteiger partial charge in [0.1, 0.15) is 11.5 Å². The van der Waals surface area contributed by atoms with E-state index in [9.17, 15) is 14.7 Å². The molecule has 1 aliphatic heterocycles. The first-order chi connectivity index (χ1) is 13.3. The number of phenols is 1. The number of rotatable bonds is 5. The molecule has 2 N–H and O–H groups in total. The topological polar surface area (TPSA) is 99.4 Å². The number of nitrogens with zero attached hydrogens (tertiary/aromatic N) is 2. The van der Waals surface area contributed by atoms with Crippen LogP contribution in [-0.4, -0.2) is 45.3 Å². The van der Waals surface area contributed by atoms with E-state index in [-0.39, 0.29) is 11.7 Å². The molecule has 1 fully saturated rings. The normalized spacial score (nSPS) is 17.9. The highest BCUT2D eigenvalue weighted by Gasteiger charge is 2.30. The molecule has 0 saturated carbocycles. The average Bonchev–Trinajstić information content (AvgIpc) is 2.91. The Morgan fingerprint density at radius 2 is 1.96 bits per heavy atom. The largest absolute Gasteiger partial charge is 0.508 e. The first-order valence-electron chi connectivity index (χ1n) is 8.38. The standard InChI is InChI=1S/C20H18N2O5S/c1-12(19(25)26)27-16-8-6-13(7-9-16)10-17-18(24)22(2)20(28-17)21-14-4-3-5-15(23)11-14/h3-12,23H,1-2H3,(H,25,26)/b17-10-,21-20?. The number of phenolic OH excluding ortho intramolecular Hbond substituents is 1. The zero-order chi connectivity index (χ0) is 20.3. The van der Waals surface area contributed by atoms with Crippen molar-refractivity contribution < 1.29 is 24.5 Å². The summed E-state index contributed by atoms with van der Waals surface area (Å²) < 4.78 is 5.29. The summed E-state index contributed by atoms with van der Waals surface area (Å²) in [5.74, 6) is -0.677. The van der Waals surface area contributed by atoms with Gasteiger partial charge in [-0.3, -0.25) is 9.69 Å². The van der Waals surface area contributed by atoms with Gasteiger partial charge < -0.3 is 14.9 Å². The van der Waals surface area contributed by atoms with Crippen LogP contribution in [0.25, 0.3) is 6.08 Å². The van der Waals surface area contributed by atoms with Gasteiger partial charge in [0.2, 0.25) is 0 Å². The predicted octanol–water partition coefficient (Wildman–Crippen LogP) is 3.48. The Labute approximate surface area is 166 Å². The SMILES string of the molecule is CC(Oc1ccc(/C=C2\SC(=Nc3cccc(O)c3)N(C)C2=O)cc1)C(=O)O. The quantitative estimate of drug-likeness (QED) is 0.748. The predicted molar refractivity (Wildman–Crippen MR) is 108 cm³/mol. The van der Waals surface area contributed by atoms with Crippen LogP contribution < -0.4 is 4.74 Å². The van der Waals surface area contributed by atoms with Crippen molar-refractivity contribution in [2.75, 3.05) is 7.05 Å². The first-order valence-corrected chi connectivity index (χ1v) is 9.20. The molecule has 8 heteroatoms. The lowest BCUT2D eigenvalue weighted by molar-refractivity contribution is -0.144. The Morgan fingerprint density at radius 1 is 1.25 bits per heavy atom. The maximum atomic E-state index is 12.5. The Balaban J connectivity index is 1.77. The van der Waals surface area contributed by atoms with Gasteiger partial charge in [-0.1, -0.05) is 18.2 Å². The second-order valence-corrected chi connectivity index (χ2v) is 7.07. The summed E-state index contributed by atoms with van der Waals surface area (Å²) in [6, 6.07) is 13.3. The van der Waals surface area contributed by atoms with E-state index in [2.05, 4.69) is 4.99 Å². The minimum atomic E-state index is -1.04. The van der Waals surface area contributed by atoms with Crippen molar-refractivity contribution in [2.45, 2.75) is 13.0 Å². The number of carbonyl (C=O) groups excluding carboxylic acids is 1. The highest BCUT2D eigenvalue weighted by atomic mass is 32.2. The summed E-state index contributed by atoms with van der Waals surface area (Å²) in [5, 5.41) is 18.9. The molecule has 0 aromatic heterocycles. The van der Waals surface area contributed by atoms with Gasteiger partial charge in [-0.25, -0.2) is 9.79 Å². The molecular formula is C20H18N2O5S. The van der Waals surface area contributed by atoms with Crippen LogP contribution in [0.3, 0.4) is 0 Å². The molecule has 1 amide bonds. The van der Waals surface area contributed by atoms with Crippen LogP contribution in [-0.2, 0) is 9.59 Å². The number of aliphatic carboxylic acids is 1. The number of likely N-dealkylation sites (N-methyl/N-ethyl adjacent to an activating group) is 1. The van der Waals surface area contributed by atoms with Crippen LogP contribution in [0.15, 0.2) is 58.4 Å². The van der Waals surface area contributed by atoms with Gasteiger partial charge in [0.25, 0.3) is 5.91 Å². The molecule has 0 aliphatic carbocycles. The first kappa shape index (κ1) is 19.5. The fourth-order valence-electron chi connectivity index (χ4n) is 2.37. The van der Waals surface area contributed by atoms with Crippen molar-refractivity contribution in [3.8, 4) is 11.5 Å². The number of hydrogen-bond donors (Lipinski definition) is 2. The number of aliphatic imine (C=N–C) groups is 1. The molecule has 2 aromatic rings. The van der Waals surface area contributed by atoms with Crippen molar-refractivity contribution in [3.05, 3.63) is 59.0 Å². The molecule has 144 valence electrons. The lowest BCUT2D eigenvalue weighted by Crippen LogP contribution is -2.23. The maximum Gasteiger partial charge on any atom is 0.344 e. The van der Waals surface area contributed by atoms with Crippen LogP contribution in [0.4, 0.5) is 5.69 Å². The van der Waals surface area contributed by atoms with Gasteiger partial charge in [0, 0.05) is 13.1 Å². The van der Waals surface area contributed by atoms with Crippen molar-refractivity contribution >= 4 is 40.6 Å². The Morgan fingerprint density at radius 3 is 2.61 bits per heavy atom. The van der Waals surface area contributed by atoms with E-state index < -0.39 is 12.1 Å². The molecule has 0 bridgehead atoms. The number of ether oxygens (including phenoxy) is 1. The van der Waals surface area contributed by atoms with Crippen LogP contribution in [0.2, 0.25) is 0 Å². The Kier molecular flexibility index (Phi) is 5.70. The average molecular weight is 398 g/mol. The number of thioether (sulfide) groups is 1. The zero-order valence-corrected chi connectivity index (χ0v) is 16.0. The summed E-state index contributed by atoms with van der Waals surface area (Å²) in [4.78, 5) is 29.7. The van der Waals surface area contributed by atoms with Crippen LogP contribution in [0.1, 0.15) is 12.5 Å². The van der Waals surface area contributed by atoms with Gasteiger partial charge in [0.05, 0.1) is 10.6 Å². The van der Waals surface area contributed by atoms with Crippen LogP contribution >= 0.6 is 11.8 Å². The fraction of sp³-hybridized carbons (Fsp3) is 0.150. The smallest absolute Gasteiger partial charge is 0.344 e. The van der Waals surface area contributed by atoms with Gasteiger partial charge in [-0.2, -0.15) is 0 Å². The molecule has 3 rings (SSSR count). The van der Waals surface area contributed by atoms with Gasteiger partial charge in [-0.05, 0) is 54.6 Å². The number of amides is 1. The maximum absolute atomic E-state index is 12.5. The van der Waals surface area contributed by atoms with E-state index in [1.54, 1.807) is 55.6 Å². The van der Waals surface area contributed by atoms with Crippen LogP contribution in [0, 0.1) is 0 Å². The number of carbonyl (C=O) groups is 2. The van der Waals surface area contributed by atoms with Gasteiger partial charge >= 0.3 is 5.97 Å². The molecular weight excluding hydrogens is 380 g/mol. The lowest BCUT2D eigenvalue weighted by Gasteiger charge is -2.10. The minimum absolute atomic E-state index is 0.106. The summed E-state index contributed by atoms with van der Waals surface area (Å²) in [6.45, 7) is 1.45. The molecule has 0 radical (unpaired) electrons. The molecule has 7 nitrogen and oxygen atoms in total. The fourth-order valence-corrected chi connectivity index (χ4v) is 3.36. The number of hydrogen-bond acceptors (Lipinski definition) is 6.